The molecule has 0 saturated heterocycles. The lowest BCUT2D eigenvalue weighted by molar-refractivity contribution is -0.139. The van der Waals surface area contributed by atoms with Gasteiger partial charge in [-0.15, -0.1) is 0 Å². The first-order chi connectivity index (χ1) is 12.8. The number of nitrogens with one attached hydrogen (secondary N) is 2. The van der Waals surface area contributed by atoms with Crippen LogP contribution in [0.25, 0.3) is 0 Å². The molecule has 0 aromatic heterocycles. The van der Waals surface area contributed by atoms with E-state index in [1.807, 2.05) is 13.8 Å². The molecule has 27 heavy (non-hydrogen) atoms. The van der Waals surface area contributed by atoms with Crippen LogP contribution in [-0.2, 0) is 9.59 Å². The molecule has 0 saturated carbocycles. The molecule has 2 aromatic rings. The van der Waals surface area contributed by atoms with Gasteiger partial charge in [0.1, 0.15) is 0 Å². The minimum atomic E-state index is -1.14. The van der Waals surface area contributed by atoms with Crippen molar-refractivity contribution in [2.24, 2.45) is 5.92 Å². The number of rotatable bonds is 7. The molecular formula is C21H24N2O4. The van der Waals surface area contributed by atoms with Crippen molar-refractivity contribution in [2.45, 2.75) is 33.2 Å². The lowest BCUT2D eigenvalue weighted by Gasteiger charge is -2.16. The van der Waals surface area contributed by atoms with Crippen LogP contribution < -0.4 is 10.6 Å². The number of amides is 2. The van der Waals surface area contributed by atoms with Gasteiger partial charge in [-0.3, -0.25) is 9.59 Å². The highest BCUT2D eigenvalue weighted by Gasteiger charge is 2.22. The highest BCUT2D eigenvalue weighted by molar-refractivity contribution is 5.98. The maximum atomic E-state index is 12.5. The Hall–Kier alpha value is -3.15. The second-order valence-electron chi connectivity index (χ2n) is 6.83. The third kappa shape index (κ3) is 5.67. The Morgan fingerprint density at radius 3 is 2.26 bits per heavy atom. The molecule has 0 fully saturated rings. The van der Waals surface area contributed by atoms with E-state index in [2.05, 4.69) is 10.6 Å². The predicted molar refractivity (Wildman–Crippen MR) is 104 cm³/mol. The second kappa shape index (κ2) is 8.98. The van der Waals surface area contributed by atoms with Crippen molar-refractivity contribution in [2.75, 3.05) is 5.32 Å². The molecule has 0 aliphatic heterocycles. The summed E-state index contributed by atoms with van der Waals surface area (Å²) in [6.45, 7) is 5.71. The zero-order valence-corrected chi connectivity index (χ0v) is 15.7. The molecule has 2 rings (SSSR count). The van der Waals surface area contributed by atoms with Gasteiger partial charge >= 0.3 is 5.97 Å². The van der Waals surface area contributed by atoms with Gasteiger partial charge in [0, 0.05) is 17.7 Å². The first-order valence-electron chi connectivity index (χ1n) is 8.77. The van der Waals surface area contributed by atoms with E-state index in [0.717, 1.165) is 5.56 Å². The van der Waals surface area contributed by atoms with Gasteiger partial charge in [-0.1, -0.05) is 44.2 Å². The standard InChI is InChI=1S/C21H24N2O4/c1-13(2)11-18(24)22-17-10-9-16(12-14(17)3)20(25)23-19(21(26)27)15-7-5-4-6-8-15/h4-10,12-13,19H,11H2,1-3H3,(H,22,24)(H,23,25)(H,26,27)/t19-/m0/s1. The first-order valence-corrected chi connectivity index (χ1v) is 8.77. The zero-order chi connectivity index (χ0) is 20.0. The van der Waals surface area contributed by atoms with Crippen LogP contribution in [0, 0.1) is 12.8 Å². The number of anilines is 1. The van der Waals surface area contributed by atoms with Gasteiger partial charge in [0.05, 0.1) is 0 Å². The molecule has 0 unspecified atom stereocenters. The Bertz CT molecular complexity index is 831. The molecule has 0 aliphatic carbocycles. The molecule has 0 bridgehead atoms. The quantitative estimate of drug-likeness (QED) is 0.696. The Morgan fingerprint density at radius 2 is 1.70 bits per heavy atom. The van der Waals surface area contributed by atoms with Gasteiger partial charge in [0.15, 0.2) is 6.04 Å². The summed E-state index contributed by atoms with van der Waals surface area (Å²) in [4.78, 5) is 36.0. The maximum Gasteiger partial charge on any atom is 0.330 e. The molecule has 0 aliphatic rings. The van der Waals surface area contributed by atoms with Crippen LogP contribution >= 0.6 is 0 Å². The molecule has 2 aromatic carbocycles. The summed E-state index contributed by atoms with van der Waals surface area (Å²) in [6, 6.07) is 12.2. The number of benzene rings is 2. The number of carbonyl (C=O) groups excluding carboxylic acids is 2. The van der Waals surface area contributed by atoms with Crippen molar-refractivity contribution in [3.63, 3.8) is 0 Å². The molecule has 6 nitrogen and oxygen atoms in total. The fourth-order valence-electron chi connectivity index (χ4n) is 2.66. The van der Waals surface area contributed by atoms with Gasteiger partial charge < -0.3 is 15.7 Å². The van der Waals surface area contributed by atoms with E-state index in [-0.39, 0.29) is 11.8 Å². The van der Waals surface area contributed by atoms with Crippen molar-refractivity contribution in [1.29, 1.82) is 0 Å². The Morgan fingerprint density at radius 1 is 1.04 bits per heavy atom. The van der Waals surface area contributed by atoms with E-state index >= 15 is 0 Å². The molecule has 2 amide bonds. The number of aliphatic carboxylic acids is 1. The molecule has 142 valence electrons. The van der Waals surface area contributed by atoms with Crippen molar-refractivity contribution in [3.8, 4) is 0 Å². The smallest absolute Gasteiger partial charge is 0.330 e. The summed E-state index contributed by atoms with van der Waals surface area (Å²) in [5.41, 5.74) is 2.19. The summed E-state index contributed by atoms with van der Waals surface area (Å²) < 4.78 is 0. The summed E-state index contributed by atoms with van der Waals surface area (Å²) in [7, 11) is 0. The average Bonchev–Trinajstić information content (AvgIpc) is 2.61. The molecular weight excluding hydrogens is 344 g/mol. The number of hydrogen-bond donors (Lipinski definition) is 3. The van der Waals surface area contributed by atoms with Crippen LogP contribution in [0.5, 0.6) is 0 Å². The highest BCUT2D eigenvalue weighted by atomic mass is 16.4. The van der Waals surface area contributed by atoms with Crippen LogP contribution in [0.15, 0.2) is 48.5 Å². The Balaban J connectivity index is 2.13. The molecule has 3 N–H and O–H groups in total. The predicted octanol–water partition coefficient (Wildman–Crippen LogP) is 3.54. The van der Waals surface area contributed by atoms with Gasteiger partial charge in [-0.25, -0.2) is 4.79 Å². The Labute approximate surface area is 158 Å². The molecule has 0 heterocycles. The van der Waals surface area contributed by atoms with E-state index in [0.29, 0.717) is 23.2 Å². The van der Waals surface area contributed by atoms with Crippen molar-refractivity contribution >= 4 is 23.5 Å². The number of hydrogen-bond acceptors (Lipinski definition) is 3. The van der Waals surface area contributed by atoms with E-state index < -0.39 is 17.9 Å². The summed E-state index contributed by atoms with van der Waals surface area (Å²) in [6.07, 6.45) is 0.416. The van der Waals surface area contributed by atoms with E-state index in [9.17, 15) is 19.5 Å². The van der Waals surface area contributed by atoms with Crippen molar-refractivity contribution < 1.29 is 19.5 Å². The normalized spacial score (nSPS) is 11.7. The fourth-order valence-corrected chi connectivity index (χ4v) is 2.66. The Kier molecular flexibility index (Phi) is 6.71. The van der Waals surface area contributed by atoms with Gasteiger partial charge in [-0.05, 0) is 42.2 Å². The zero-order valence-electron chi connectivity index (χ0n) is 15.7. The minimum absolute atomic E-state index is 0.0830. The number of carbonyl (C=O) groups is 3. The van der Waals surface area contributed by atoms with Crippen molar-refractivity contribution in [3.05, 3.63) is 65.2 Å². The minimum Gasteiger partial charge on any atom is -0.479 e. The molecule has 0 radical (unpaired) electrons. The van der Waals surface area contributed by atoms with Crippen molar-refractivity contribution in [1.82, 2.24) is 5.32 Å². The number of carboxylic acid groups (broad SMARTS) is 1. The molecule has 1 atom stereocenters. The maximum absolute atomic E-state index is 12.5. The van der Waals surface area contributed by atoms with Gasteiger partial charge in [0.2, 0.25) is 5.91 Å². The third-order valence-corrected chi connectivity index (χ3v) is 4.01. The molecule has 0 spiro atoms. The van der Waals surface area contributed by atoms with Crippen LogP contribution in [-0.4, -0.2) is 22.9 Å². The van der Waals surface area contributed by atoms with Gasteiger partial charge in [0.25, 0.3) is 5.91 Å². The highest BCUT2D eigenvalue weighted by Crippen LogP contribution is 2.19. The lowest BCUT2D eigenvalue weighted by Crippen LogP contribution is -2.33. The SMILES string of the molecule is Cc1cc(C(=O)N[C@H](C(=O)O)c2ccccc2)ccc1NC(=O)CC(C)C. The summed E-state index contributed by atoms with van der Waals surface area (Å²) >= 11 is 0. The summed E-state index contributed by atoms with van der Waals surface area (Å²) in [5, 5.41) is 14.8. The van der Waals surface area contributed by atoms with E-state index in [1.165, 1.54) is 0 Å². The lowest BCUT2D eigenvalue weighted by atomic mass is 10.0. The monoisotopic (exact) mass is 368 g/mol. The average molecular weight is 368 g/mol. The second-order valence-corrected chi connectivity index (χ2v) is 6.83. The van der Waals surface area contributed by atoms with Crippen LogP contribution in [0.3, 0.4) is 0 Å². The van der Waals surface area contributed by atoms with Crippen LogP contribution in [0.1, 0.15) is 47.8 Å². The van der Waals surface area contributed by atoms with E-state index in [1.54, 1.807) is 55.5 Å². The molecule has 6 heteroatoms. The largest absolute Gasteiger partial charge is 0.479 e. The first kappa shape index (κ1) is 20.2. The summed E-state index contributed by atoms with van der Waals surface area (Å²) in [5.74, 6) is -1.46. The number of aryl methyl sites for hydroxylation is 1. The van der Waals surface area contributed by atoms with Gasteiger partial charge in [-0.2, -0.15) is 0 Å². The topological polar surface area (TPSA) is 95.5 Å². The number of carboxylic acids is 1. The van der Waals surface area contributed by atoms with Crippen LogP contribution in [0.4, 0.5) is 5.69 Å². The van der Waals surface area contributed by atoms with E-state index in [4.69, 9.17) is 0 Å². The fraction of sp³-hybridized carbons (Fsp3) is 0.286. The van der Waals surface area contributed by atoms with Crippen LogP contribution in [0.2, 0.25) is 0 Å². The third-order valence-electron chi connectivity index (χ3n) is 4.01.